The number of hydrogen-bond donors (Lipinski definition) is 0. The molecule has 2 heterocycles. The van der Waals surface area contributed by atoms with Gasteiger partial charge in [0.15, 0.2) is 18.1 Å². The van der Waals surface area contributed by atoms with Gasteiger partial charge in [-0.15, -0.1) is 11.3 Å². The number of hydrogen-bond acceptors (Lipinski definition) is 6. The molecule has 0 saturated carbocycles. The number of methoxy groups -OCH3 is 1. The maximum Gasteiger partial charge on any atom is 0.338 e. The van der Waals surface area contributed by atoms with Gasteiger partial charge in [0.1, 0.15) is 0 Å². The average molecular weight is 389 g/mol. The van der Waals surface area contributed by atoms with Crippen LogP contribution in [0.25, 0.3) is 0 Å². The molecule has 1 unspecified atom stereocenters. The number of thiophene rings is 1. The summed E-state index contributed by atoms with van der Waals surface area (Å²) in [5, 5.41) is 2.01. The second-order valence-corrected chi connectivity index (χ2v) is 7.11. The lowest BCUT2D eigenvalue weighted by molar-refractivity contribution is -0.135. The molecule has 0 N–H and O–H groups in total. The summed E-state index contributed by atoms with van der Waals surface area (Å²) >= 11 is 1.64. The van der Waals surface area contributed by atoms with Crippen molar-refractivity contribution < 1.29 is 23.8 Å². The quantitative estimate of drug-likeness (QED) is 0.676. The van der Waals surface area contributed by atoms with Crippen LogP contribution in [-0.2, 0) is 9.53 Å². The number of amides is 1. The van der Waals surface area contributed by atoms with Gasteiger partial charge in [0.25, 0.3) is 5.91 Å². The summed E-state index contributed by atoms with van der Waals surface area (Å²) in [7, 11) is 1.51. The van der Waals surface area contributed by atoms with Crippen LogP contribution in [0.1, 0.15) is 41.0 Å². The first-order valence-corrected chi connectivity index (χ1v) is 9.82. The Morgan fingerprint density at radius 3 is 2.81 bits per heavy atom. The third-order valence-electron chi connectivity index (χ3n) is 4.47. The van der Waals surface area contributed by atoms with Gasteiger partial charge in [0, 0.05) is 11.4 Å². The van der Waals surface area contributed by atoms with Crippen molar-refractivity contribution in [2.24, 2.45) is 0 Å². The molecule has 7 heteroatoms. The second-order valence-electron chi connectivity index (χ2n) is 6.14. The van der Waals surface area contributed by atoms with Gasteiger partial charge in [0.2, 0.25) is 0 Å². The van der Waals surface area contributed by atoms with Crippen LogP contribution in [-0.4, -0.2) is 43.6 Å². The van der Waals surface area contributed by atoms with Gasteiger partial charge >= 0.3 is 5.97 Å². The Hall–Kier alpha value is -2.54. The van der Waals surface area contributed by atoms with Crippen molar-refractivity contribution in [2.45, 2.75) is 25.8 Å². The Morgan fingerprint density at radius 2 is 2.11 bits per heavy atom. The Bertz CT molecular complexity index is 790. The van der Waals surface area contributed by atoms with E-state index in [4.69, 9.17) is 14.2 Å². The lowest BCUT2D eigenvalue weighted by Crippen LogP contribution is -2.34. The summed E-state index contributed by atoms with van der Waals surface area (Å²) in [5.41, 5.74) is 0.319. The number of likely N-dealkylation sites (tertiary alicyclic amines) is 1. The van der Waals surface area contributed by atoms with E-state index < -0.39 is 5.97 Å². The molecule has 1 aliphatic heterocycles. The molecule has 1 aliphatic rings. The summed E-state index contributed by atoms with van der Waals surface area (Å²) in [6.07, 6.45) is 1.90. The number of nitrogens with zero attached hydrogens (tertiary/aromatic N) is 1. The zero-order chi connectivity index (χ0) is 19.2. The largest absolute Gasteiger partial charge is 0.493 e. The van der Waals surface area contributed by atoms with Crippen LogP contribution in [0.5, 0.6) is 11.5 Å². The fourth-order valence-electron chi connectivity index (χ4n) is 3.20. The number of benzene rings is 1. The van der Waals surface area contributed by atoms with Crippen molar-refractivity contribution in [1.29, 1.82) is 0 Å². The number of ether oxygens (including phenoxy) is 3. The molecule has 27 heavy (non-hydrogen) atoms. The zero-order valence-corrected chi connectivity index (χ0v) is 16.3. The van der Waals surface area contributed by atoms with E-state index in [1.165, 1.54) is 12.0 Å². The minimum atomic E-state index is -0.559. The summed E-state index contributed by atoms with van der Waals surface area (Å²) in [6.45, 7) is 2.79. The third-order valence-corrected chi connectivity index (χ3v) is 5.44. The Morgan fingerprint density at radius 1 is 1.26 bits per heavy atom. The third kappa shape index (κ3) is 4.42. The van der Waals surface area contributed by atoms with E-state index in [9.17, 15) is 9.59 Å². The molecule has 6 nitrogen and oxygen atoms in total. The molecular weight excluding hydrogens is 366 g/mol. The van der Waals surface area contributed by atoms with Crippen LogP contribution in [0.4, 0.5) is 0 Å². The highest BCUT2D eigenvalue weighted by atomic mass is 32.1. The van der Waals surface area contributed by atoms with Crippen LogP contribution >= 0.6 is 11.3 Å². The molecule has 144 valence electrons. The highest BCUT2D eigenvalue weighted by Gasteiger charge is 2.31. The number of rotatable bonds is 7. The van der Waals surface area contributed by atoms with Crippen LogP contribution in [0.3, 0.4) is 0 Å². The van der Waals surface area contributed by atoms with Gasteiger partial charge in [0.05, 0.1) is 25.3 Å². The maximum atomic E-state index is 12.6. The van der Waals surface area contributed by atoms with E-state index in [1.807, 2.05) is 24.4 Å². The highest BCUT2D eigenvalue weighted by Crippen LogP contribution is 2.34. The first kappa shape index (κ1) is 19.2. The van der Waals surface area contributed by atoms with E-state index in [0.717, 1.165) is 12.8 Å². The zero-order valence-electron chi connectivity index (χ0n) is 15.5. The van der Waals surface area contributed by atoms with Gasteiger partial charge < -0.3 is 19.1 Å². The molecule has 2 aromatic rings. The number of carbonyl (C=O) groups excluding carboxylic acids is 2. The van der Waals surface area contributed by atoms with E-state index in [2.05, 4.69) is 0 Å². The molecular formula is C20H23NO5S. The predicted molar refractivity (Wildman–Crippen MR) is 102 cm³/mol. The monoisotopic (exact) mass is 389 g/mol. The minimum Gasteiger partial charge on any atom is -0.493 e. The maximum absolute atomic E-state index is 12.6. The standard InChI is InChI=1S/C20H23NO5S/c1-3-25-16-9-8-14(12-17(16)24-2)20(23)26-13-19(22)21-10-4-6-15(21)18-7-5-11-27-18/h5,7-9,11-12,15H,3-4,6,10,13H2,1-2H3. The number of esters is 1. The summed E-state index contributed by atoms with van der Waals surface area (Å²) in [4.78, 5) is 27.9. The molecule has 1 saturated heterocycles. The normalized spacial score (nSPS) is 16.2. The Kier molecular flexibility index (Phi) is 6.34. The van der Waals surface area contributed by atoms with Crippen molar-refractivity contribution in [3.05, 3.63) is 46.2 Å². The van der Waals surface area contributed by atoms with Crippen molar-refractivity contribution in [3.8, 4) is 11.5 Å². The lowest BCUT2D eigenvalue weighted by atomic mass is 10.2. The van der Waals surface area contributed by atoms with Gasteiger partial charge in [-0.1, -0.05) is 6.07 Å². The Labute approximate surface area is 162 Å². The molecule has 1 aromatic carbocycles. The van der Waals surface area contributed by atoms with Crippen LogP contribution < -0.4 is 9.47 Å². The van der Waals surface area contributed by atoms with Crippen molar-refractivity contribution in [2.75, 3.05) is 26.9 Å². The minimum absolute atomic E-state index is 0.0850. The molecule has 0 bridgehead atoms. The fourth-order valence-corrected chi connectivity index (χ4v) is 4.08. The van der Waals surface area contributed by atoms with Crippen LogP contribution in [0.2, 0.25) is 0 Å². The van der Waals surface area contributed by atoms with E-state index in [-0.39, 0.29) is 18.6 Å². The smallest absolute Gasteiger partial charge is 0.338 e. The van der Waals surface area contributed by atoms with Crippen molar-refractivity contribution >= 4 is 23.2 Å². The first-order valence-electron chi connectivity index (χ1n) is 8.95. The molecule has 0 aliphatic carbocycles. The first-order chi connectivity index (χ1) is 13.1. The predicted octanol–water partition coefficient (Wildman–Crippen LogP) is 3.68. The van der Waals surface area contributed by atoms with E-state index in [0.29, 0.717) is 30.2 Å². The molecule has 1 fully saturated rings. The molecule has 0 radical (unpaired) electrons. The van der Waals surface area contributed by atoms with Crippen molar-refractivity contribution in [3.63, 3.8) is 0 Å². The SMILES string of the molecule is CCOc1ccc(C(=O)OCC(=O)N2CCCC2c2cccs2)cc1OC. The van der Waals surface area contributed by atoms with Crippen LogP contribution in [0, 0.1) is 0 Å². The lowest BCUT2D eigenvalue weighted by Gasteiger charge is -2.23. The molecule has 3 rings (SSSR count). The molecule has 1 amide bonds. The van der Waals surface area contributed by atoms with Gasteiger partial charge in [-0.25, -0.2) is 4.79 Å². The van der Waals surface area contributed by atoms with E-state index in [1.54, 1.807) is 34.4 Å². The summed E-state index contributed by atoms with van der Waals surface area (Å²) in [5.74, 6) is 0.284. The fraction of sp³-hybridized carbons (Fsp3) is 0.400. The molecule has 0 spiro atoms. The molecule has 1 atom stereocenters. The van der Waals surface area contributed by atoms with Gasteiger partial charge in [-0.05, 0) is 49.4 Å². The number of carbonyl (C=O) groups is 2. The van der Waals surface area contributed by atoms with Gasteiger partial charge in [-0.3, -0.25) is 4.79 Å². The topological polar surface area (TPSA) is 65.1 Å². The summed E-state index contributed by atoms with van der Waals surface area (Å²) in [6, 6.07) is 8.93. The van der Waals surface area contributed by atoms with Crippen LogP contribution in [0.15, 0.2) is 35.7 Å². The Balaban J connectivity index is 1.61. The van der Waals surface area contributed by atoms with E-state index >= 15 is 0 Å². The summed E-state index contributed by atoms with van der Waals surface area (Å²) < 4.78 is 15.9. The highest BCUT2D eigenvalue weighted by molar-refractivity contribution is 7.10. The van der Waals surface area contributed by atoms with Gasteiger partial charge in [-0.2, -0.15) is 0 Å². The molecule has 1 aromatic heterocycles. The van der Waals surface area contributed by atoms with Crippen molar-refractivity contribution in [1.82, 2.24) is 4.90 Å². The second kappa shape index (κ2) is 8.90. The average Bonchev–Trinajstić information content (AvgIpc) is 3.37.